The quantitative estimate of drug-likeness (QED) is 0.730. The van der Waals surface area contributed by atoms with Crippen LogP contribution in [0.2, 0.25) is 0 Å². The van der Waals surface area contributed by atoms with E-state index in [0.29, 0.717) is 12.4 Å². The second kappa shape index (κ2) is 6.13. The van der Waals surface area contributed by atoms with Crippen LogP contribution in [-0.2, 0) is 6.61 Å². The standard InChI is InChI=1S/C16H14BrNO2S/c1-10(19)12-7-6-11(17)8-14(12)20-9-16-18-13-4-2-3-5-15(13)21-16/h2-8,10,19H,9H2,1H3. The first kappa shape index (κ1) is 14.5. The smallest absolute Gasteiger partial charge is 0.140 e. The van der Waals surface area contributed by atoms with Gasteiger partial charge in [0.15, 0.2) is 0 Å². The van der Waals surface area contributed by atoms with Gasteiger partial charge < -0.3 is 9.84 Å². The molecule has 3 aromatic rings. The number of rotatable bonds is 4. The lowest BCUT2D eigenvalue weighted by molar-refractivity contribution is 0.190. The van der Waals surface area contributed by atoms with E-state index in [1.54, 1.807) is 18.3 Å². The summed E-state index contributed by atoms with van der Waals surface area (Å²) in [6.45, 7) is 2.13. The van der Waals surface area contributed by atoms with Crippen LogP contribution in [0.5, 0.6) is 5.75 Å². The molecule has 108 valence electrons. The number of nitrogens with zero attached hydrogens (tertiary/aromatic N) is 1. The SMILES string of the molecule is CC(O)c1ccc(Br)cc1OCc1nc2ccccc2s1. The molecule has 2 aromatic carbocycles. The average Bonchev–Trinajstić information content (AvgIpc) is 2.87. The first-order chi connectivity index (χ1) is 10.1. The molecular formula is C16H14BrNO2S. The lowest BCUT2D eigenvalue weighted by Gasteiger charge is -2.13. The Bertz CT molecular complexity index is 737. The van der Waals surface area contributed by atoms with Gasteiger partial charge >= 0.3 is 0 Å². The number of thiazole rings is 1. The Morgan fingerprint density at radius 3 is 2.86 bits per heavy atom. The highest BCUT2D eigenvalue weighted by Crippen LogP contribution is 2.30. The largest absolute Gasteiger partial charge is 0.486 e. The van der Waals surface area contributed by atoms with E-state index in [1.165, 1.54) is 0 Å². The third-order valence-electron chi connectivity index (χ3n) is 3.12. The van der Waals surface area contributed by atoms with Gasteiger partial charge in [0.2, 0.25) is 0 Å². The summed E-state index contributed by atoms with van der Waals surface area (Å²) < 4.78 is 7.93. The van der Waals surface area contributed by atoms with Gasteiger partial charge in [-0.25, -0.2) is 4.98 Å². The van der Waals surface area contributed by atoms with Gasteiger partial charge in [0.25, 0.3) is 0 Å². The van der Waals surface area contributed by atoms with Crippen LogP contribution < -0.4 is 4.74 Å². The van der Waals surface area contributed by atoms with E-state index in [2.05, 4.69) is 27.0 Å². The molecule has 3 nitrogen and oxygen atoms in total. The maximum atomic E-state index is 9.80. The third-order valence-corrected chi connectivity index (χ3v) is 4.62. The van der Waals surface area contributed by atoms with Gasteiger partial charge in [-0.05, 0) is 31.2 Å². The Kier molecular flexibility index (Phi) is 4.24. The van der Waals surface area contributed by atoms with Crippen molar-refractivity contribution >= 4 is 37.5 Å². The monoisotopic (exact) mass is 363 g/mol. The third kappa shape index (κ3) is 3.26. The molecule has 0 aliphatic carbocycles. The summed E-state index contributed by atoms with van der Waals surface area (Å²) in [5, 5.41) is 10.7. The number of hydrogen-bond acceptors (Lipinski definition) is 4. The zero-order chi connectivity index (χ0) is 14.8. The Morgan fingerprint density at radius 2 is 2.10 bits per heavy atom. The van der Waals surface area contributed by atoms with Crippen LogP contribution in [0.3, 0.4) is 0 Å². The number of hydrogen-bond donors (Lipinski definition) is 1. The van der Waals surface area contributed by atoms with E-state index in [-0.39, 0.29) is 0 Å². The summed E-state index contributed by atoms with van der Waals surface area (Å²) in [7, 11) is 0. The Balaban J connectivity index is 1.82. The molecule has 1 unspecified atom stereocenters. The lowest BCUT2D eigenvalue weighted by atomic mass is 10.1. The Labute approximate surface area is 135 Å². The first-order valence-electron chi connectivity index (χ1n) is 6.58. The number of benzene rings is 2. The highest BCUT2D eigenvalue weighted by molar-refractivity contribution is 9.10. The van der Waals surface area contributed by atoms with Crippen molar-refractivity contribution in [3.8, 4) is 5.75 Å². The van der Waals surface area contributed by atoms with Crippen molar-refractivity contribution in [2.45, 2.75) is 19.6 Å². The number of para-hydroxylation sites is 1. The number of aliphatic hydroxyl groups is 1. The molecule has 0 aliphatic rings. The van der Waals surface area contributed by atoms with Gasteiger partial charge in [-0.15, -0.1) is 11.3 Å². The van der Waals surface area contributed by atoms with E-state index >= 15 is 0 Å². The van der Waals surface area contributed by atoms with Crippen molar-refractivity contribution in [3.05, 3.63) is 57.5 Å². The van der Waals surface area contributed by atoms with Crippen LogP contribution in [0.15, 0.2) is 46.9 Å². The van der Waals surface area contributed by atoms with Crippen LogP contribution in [0.1, 0.15) is 23.6 Å². The molecule has 1 aromatic heterocycles. The van der Waals surface area contributed by atoms with Crippen LogP contribution in [0.4, 0.5) is 0 Å². The molecule has 1 heterocycles. The molecule has 1 N–H and O–H groups in total. The van der Waals surface area contributed by atoms with Crippen molar-refractivity contribution in [3.63, 3.8) is 0 Å². The van der Waals surface area contributed by atoms with E-state index < -0.39 is 6.10 Å². The lowest BCUT2D eigenvalue weighted by Crippen LogP contribution is -2.00. The maximum absolute atomic E-state index is 9.80. The average molecular weight is 364 g/mol. The van der Waals surface area contributed by atoms with E-state index in [1.807, 2.05) is 36.4 Å². The molecule has 1 atom stereocenters. The highest BCUT2D eigenvalue weighted by atomic mass is 79.9. The highest BCUT2D eigenvalue weighted by Gasteiger charge is 2.11. The molecule has 0 radical (unpaired) electrons. The summed E-state index contributed by atoms with van der Waals surface area (Å²) in [5.41, 5.74) is 1.77. The topological polar surface area (TPSA) is 42.4 Å². The fourth-order valence-electron chi connectivity index (χ4n) is 2.10. The van der Waals surface area contributed by atoms with E-state index in [4.69, 9.17) is 4.74 Å². The van der Waals surface area contributed by atoms with Gasteiger partial charge in [-0.1, -0.05) is 34.1 Å². The second-order valence-corrected chi connectivity index (χ2v) is 6.75. The molecule has 5 heteroatoms. The fraction of sp³-hybridized carbons (Fsp3) is 0.188. The van der Waals surface area contributed by atoms with Crippen LogP contribution in [0, 0.1) is 0 Å². The van der Waals surface area contributed by atoms with E-state index in [9.17, 15) is 5.11 Å². The van der Waals surface area contributed by atoms with Crippen molar-refractivity contribution in [2.75, 3.05) is 0 Å². The molecule has 3 rings (SSSR count). The van der Waals surface area contributed by atoms with E-state index in [0.717, 1.165) is 25.3 Å². The molecule has 0 bridgehead atoms. The van der Waals surface area contributed by atoms with Gasteiger partial charge in [0.1, 0.15) is 17.4 Å². The molecule has 0 spiro atoms. The Morgan fingerprint density at radius 1 is 1.29 bits per heavy atom. The zero-order valence-electron chi connectivity index (χ0n) is 11.4. The molecular weight excluding hydrogens is 350 g/mol. The van der Waals surface area contributed by atoms with Gasteiger partial charge in [0.05, 0.1) is 16.3 Å². The number of ether oxygens (including phenoxy) is 1. The van der Waals surface area contributed by atoms with Crippen molar-refractivity contribution < 1.29 is 9.84 Å². The number of fused-ring (bicyclic) bond motifs is 1. The normalized spacial score (nSPS) is 12.5. The Hall–Kier alpha value is -1.43. The predicted octanol–water partition coefficient (Wildman–Crippen LogP) is 4.69. The molecule has 0 saturated heterocycles. The molecule has 21 heavy (non-hydrogen) atoms. The molecule has 0 amide bonds. The minimum Gasteiger partial charge on any atom is -0.486 e. The summed E-state index contributed by atoms with van der Waals surface area (Å²) in [6, 6.07) is 13.7. The van der Waals surface area contributed by atoms with Crippen molar-refractivity contribution in [1.82, 2.24) is 4.98 Å². The van der Waals surface area contributed by atoms with Crippen LogP contribution >= 0.6 is 27.3 Å². The number of halogens is 1. The van der Waals surface area contributed by atoms with Crippen molar-refractivity contribution in [2.24, 2.45) is 0 Å². The number of aliphatic hydroxyl groups excluding tert-OH is 1. The predicted molar refractivity (Wildman–Crippen MR) is 88.7 cm³/mol. The van der Waals surface area contributed by atoms with Crippen molar-refractivity contribution in [1.29, 1.82) is 0 Å². The summed E-state index contributed by atoms with van der Waals surface area (Å²) in [6.07, 6.45) is -0.566. The molecule has 0 aliphatic heterocycles. The second-order valence-electron chi connectivity index (χ2n) is 4.72. The van der Waals surface area contributed by atoms with Crippen LogP contribution in [0.25, 0.3) is 10.2 Å². The zero-order valence-corrected chi connectivity index (χ0v) is 13.8. The molecule has 0 fully saturated rings. The van der Waals surface area contributed by atoms with Gasteiger partial charge in [0, 0.05) is 10.0 Å². The first-order valence-corrected chi connectivity index (χ1v) is 8.19. The summed E-state index contributed by atoms with van der Waals surface area (Å²) in [5.74, 6) is 0.679. The fourth-order valence-corrected chi connectivity index (χ4v) is 3.32. The van der Waals surface area contributed by atoms with Gasteiger partial charge in [-0.3, -0.25) is 0 Å². The summed E-state index contributed by atoms with van der Waals surface area (Å²) >= 11 is 5.05. The molecule has 0 saturated carbocycles. The summed E-state index contributed by atoms with van der Waals surface area (Å²) in [4.78, 5) is 4.54. The van der Waals surface area contributed by atoms with Crippen LogP contribution in [-0.4, -0.2) is 10.1 Å². The minimum atomic E-state index is -0.566. The maximum Gasteiger partial charge on any atom is 0.140 e. The minimum absolute atomic E-state index is 0.398. The number of aromatic nitrogens is 1. The van der Waals surface area contributed by atoms with Gasteiger partial charge in [-0.2, -0.15) is 0 Å².